The number of ether oxygens (including phenoxy) is 1. The Morgan fingerprint density at radius 2 is 1.79 bits per heavy atom. The van der Waals surface area contributed by atoms with Gasteiger partial charge in [0.1, 0.15) is 11.6 Å². The van der Waals surface area contributed by atoms with Gasteiger partial charge in [-0.25, -0.2) is 9.07 Å². The summed E-state index contributed by atoms with van der Waals surface area (Å²) in [4.78, 5) is 23.8. The number of nitrogens with one attached hydrogen (secondary N) is 2. The van der Waals surface area contributed by atoms with Gasteiger partial charge in [-0.3, -0.25) is 20.4 Å². The molecule has 0 fully saturated rings. The number of nitrogens with zero attached hydrogens (tertiary/aromatic N) is 3. The summed E-state index contributed by atoms with van der Waals surface area (Å²) in [5.41, 5.74) is 5.47. The van der Waals surface area contributed by atoms with Gasteiger partial charge in [0.25, 0.3) is 5.91 Å². The van der Waals surface area contributed by atoms with Gasteiger partial charge >= 0.3 is 0 Å². The van der Waals surface area contributed by atoms with Crippen molar-refractivity contribution >= 4 is 23.6 Å². The number of carbonyl (C=O) groups excluding carboxylic acids is 2. The number of hydrogen-bond acceptors (Lipinski definition) is 7. The maximum Gasteiger partial charge on any atom is 0.269 e. The summed E-state index contributed by atoms with van der Waals surface area (Å²) in [5.74, 6) is 5.59. The molecule has 29 heavy (non-hydrogen) atoms. The summed E-state index contributed by atoms with van der Waals surface area (Å²) in [6.07, 6.45) is 0. The molecule has 2 amide bonds. The van der Waals surface area contributed by atoms with Crippen LogP contribution in [0.3, 0.4) is 0 Å². The second kappa shape index (κ2) is 9.06. The van der Waals surface area contributed by atoms with Crippen molar-refractivity contribution in [3.8, 4) is 17.1 Å². The average molecular weight is 416 g/mol. The van der Waals surface area contributed by atoms with Gasteiger partial charge in [0.05, 0.1) is 12.9 Å². The number of nitrogen functional groups attached to an aromatic ring is 1. The van der Waals surface area contributed by atoms with Crippen LogP contribution in [0, 0.1) is 5.82 Å². The average Bonchev–Trinajstić information content (AvgIpc) is 3.11. The number of amides is 2. The molecular formula is C18H17FN6O3S. The van der Waals surface area contributed by atoms with Crippen LogP contribution in [0.15, 0.2) is 53.7 Å². The van der Waals surface area contributed by atoms with E-state index in [1.165, 1.54) is 16.8 Å². The predicted octanol–water partition coefficient (Wildman–Crippen LogP) is 1.36. The van der Waals surface area contributed by atoms with E-state index in [4.69, 9.17) is 10.6 Å². The van der Waals surface area contributed by atoms with Crippen LogP contribution in [0.4, 0.5) is 4.39 Å². The zero-order valence-corrected chi connectivity index (χ0v) is 16.1. The number of hydrazine groups is 1. The third-order valence-electron chi connectivity index (χ3n) is 3.77. The highest BCUT2D eigenvalue weighted by Gasteiger charge is 2.14. The zero-order valence-electron chi connectivity index (χ0n) is 15.3. The maximum atomic E-state index is 12.9. The Morgan fingerprint density at radius 3 is 2.45 bits per heavy atom. The van der Waals surface area contributed by atoms with Gasteiger partial charge in [0, 0.05) is 11.1 Å². The molecule has 0 radical (unpaired) electrons. The maximum absolute atomic E-state index is 12.9. The molecule has 0 aliphatic carbocycles. The first-order chi connectivity index (χ1) is 14.0. The molecule has 0 aliphatic heterocycles. The number of thioether (sulfide) groups is 1. The molecule has 1 aromatic heterocycles. The number of nitrogens with two attached hydrogens (primary N) is 1. The van der Waals surface area contributed by atoms with Crippen molar-refractivity contribution < 1.29 is 18.7 Å². The van der Waals surface area contributed by atoms with Crippen LogP contribution in [-0.4, -0.2) is 39.6 Å². The summed E-state index contributed by atoms with van der Waals surface area (Å²) >= 11 is 1.05. The van der Waals surface area contributed by atoms with Gasteiger partial charge in [-0.2, -0.15) is 0 Å². The lowest BCUT2D eigenvalue weighted by Gasteiger charge is -2.07. The van der Waals surface area contributed by atoms with Gasteiger partial charge in [-0.15, -0.1) is 10.2 Å². The molecule has 0 unspecified atom stereocenters. The van der Waals surface area contributed by atoms with Gasteiger partial charge in [-0.05, 0) is 48.5 Å². The fourth-order valence-electron chi connectivity index (χ4n) is 2.28. The van der Waals surface area contributed by atoms with Crippen LogP contribution in [0.1, 0.15) is 10.4 Å². The summed E-state index contributed by atoms with van der Waals surface area (Å²) in [6, 6.07) is 12.0. The third kappa shape index (κ3) is 5.02. The Hall–Kier alpha value is -3.60. The molecule has 0 saturated carbocycles. The van der Waals surface area contributed by atoms with E-state index in [2.05, 4.69) is 21.0 Å². The third-order valence-corrected chi connectivity index (χ3v) is 4.71. The van der Waals surface area contributed by atoms with Crippen molar-refractivity contribution in [3.05, 3.63) is 59.9 Å². The number of methoxy groups -OCH3 is 1. The lowest BCUT2D eigenvalue weighted by molar-refractivity contribution is -0.119. The fourth-order valence-corrected chi connectivity index (χ4v) is 2.93. The molecule has 3 aromatic rings. The molecule has 4 N–H and O–H groups in total. The molecule has 150 valence electrons. The van der Waals surface area contributed by atoms with Crippen LogP contribution in [0.2, 0.25) is 0 Å². The van der Waals surface area contributed by atoms with Gasteiger partial charge in [-0.1, -0.05) is 11.8 Å². The Morgan fingerprint density at radius 1 is 1.10 bits per heavy atom. The van der Waals surface area contributed by atoms with Gasteiger partial charge in [0.15, 0.2) is 5.82 Å². The molecule has 0 atom stereocenters. The first kappa shape index (κ1) is 20.1. The van der Waals surface area contributed by atoms with Crippen LogP contribution >= 0.6 is 11.8 Å². The van der Waals surface area contributed by atoms with Crippen LogP contribution in [0.25, 0.3) is 11.4 Å². The summed E-state index contributed by atoms with van der Waals surface area (Å²) in [5, 5.41) is 8.34. The van der Waals surface area contributed by atoms with Crippen molar-refractivity contribution in [3.63, 3.8) is 0 Å². The topological polar surface area (TPSA) is 124 Å². The molecule has 9 nitrogen and oxygen atoms in total. The first-order valence-corrected chi connectivity index (χ1v) is 9.29. The lowest BCUT2D eigenvalue weighted by atomic mass is 10.2. The monoisotopic (exact) mass is 416 g/mol. The number of carbonyl (C=O) groups is 2. The molecule has 2 aromatic carbocycles. The summed E-state index contributed by atoms with van der Waals surface area (Å²) < 4.78 is 19.3. The highest BCUT2D eigenvalue weighted by atomic mass is 32.2. The standard InChI is InChI=1S/C18H17FN6O3S/c1-28-14-8-4-11(5-9-14)16-22-24-18(25(16)20)29-10-15(26)21-23-17(27)12-2-6-13(19)7-3-12/h2-9H,10,20H2,1H3,(H,21,26)(H,23,27). The predicted molar refractivity (Wildman–Crippen MR) is 105 cm³/mol. The van der Waals surface area contributed by atoms with Gasteiger partial charge in [0.2, 0.25) is 11.1 Å². The van der Waals surface area contributed by atoms with Crippen LogP contribution < -0.4 is 21.4 Å². The molecule has 0 bridgehead atoms. The molecular weight excluding hydrogens is 399 g/mol. The quantitative estimate of drug-likeness (QED) is 0.315. The van der Waals surface area contributed by atoms with E-state index in [0.717, 1.165) is 29.5 Å². The van der Waals surface area contributed by atoms with Crippen molar-refractivity contribution in [2.24, 2.45) is 0 Å². The highest BCUT2D eigenvalue weighted by Crippen LogP contribution is 2.23. The van der Waals surface area contributed by atoms with Gasteiger partial charge < -0.3 is 10.6 Å². The highest BCUT2D eigenvalue weighted by molar-refractivity contribution is 7.99. The van der Waals surface area contributed by atoms with Crippen molar-refractivity contribution in [1.82, 2.24) is 25.7 Å². The number of halogens is 1. The summed E-state index contributed by atoms with van der Waals surface area (Å²) in [6.45, 7) is 0. The van der Waals surface area contributed by atoms with E-state index in [0.29, 0.717) is 16.7 Å². The molecule has 0 spiro atoms. The van der Waals surface area contributed by atoms with E-state index >= 15 is 0 Å². The van der Waals surface area contributed by atoms with Crippen molar-refractivity contribution in [2.45, 2.75) is 5.16 Å². The molecule has 0 saturated heterocycles. The second-order valence-electron chi connectivity index (χ2n) is 5.70. The van der Waals surface area contributed by atoms with E-state index in [9.17, 15) is 14.0 Å². The smallest absolute Gasteiger partial charge is 0.269 e. The van der Waals surface area contributed by atoms with E-state index in [-0.39, 0.29) is 11.3 Å². The van der Waals surface area contributed by atoms with Crippen molar-refractivity contribution in [1.29, 1.82) is 0 Å². The second-order valence-corrected chi connectivity index (χ2v) is 6.65. The molecule has 1 heterocycles. The largest absolute Gasteiger partial charge is 0.497 e. The SMILES string of the molecule is COc1ccc(-c2nnc(SCC(=O)NNC(=O)c3ccc(F)cc3)n2N)cc1. The Balaban J connectivity index is 1.53. The Labute approximate surface area is 169 Å². The summed E-state index contributed by atoms with van der Waals surface area (Å²) in [7, 11) is 1.57. The van der Waals surface area contributed by atoms with E-state index < -0.39 is 17.6 Å². The molecule has 3 rings (SSSR count). The van der Waals surface area contributed by atoms with Crippen molar-refractivity contribution in [2.75, 3.05) is 18.7 Å². The number of hydrogen-bond donors (Lipinski definition) is 3. The van der Waals surface area contributed by atoms with Crippen LogP contribution in [0.5, 0.6) is 5.75 Å². The van der Waals surface area contributed by atoms with E-state index in [1.807, 2.05) is 0 Å². The Kier molecular flexibility index (Phi) is 6.29. The minimum atomic E-state index is -0.563. The minimum absolute atomic E-state index is 0.0539. The number of benzene rings is 2. The molecule has 0 aliphatic rings. The van der Waals surface area contributed by atoms with Crippen LogP contribution in [-0.2, 0) is 4.79 Å². The molecule has 11 heteroatoms. The lowest BCUT2D eigenvalue weighted by Crippen LogP contribution is -2.42. The normalized spacial score (nSPS) is 10.4. The fraction of sp³-hybridized carbons (Fsp3) is 0.111. The Bertz CT molecular complexity index is 1010. The number of aromatic nitrogens is 3. The number of rotatable bonds is 6. The minimum Gasteiger partial charge on any atom is -0.497 e. The zero-order chi connectivity index (χ0) is 20.8. The van der Waals surface area contributed by atoms with E-state index in [1.54, 1.807) is 31.4 Å². The first-order valence-electron chi connectivity index (χ1n) is 8.30.